The highest BCUT2D eigenvalue weighted by molar-refractivity contribution is 5.91. The van der Waals surface area contributed by atoms with Crippen molar-refractivity contribution in [2.24, 2.45) is 5.92 Å². The lowest BCUT2D eigenvalue weighted by molar-refractivity contribution is -0.148. The number of carbonyl (C=O) groups is 3. The molecule has 1 aliphatic heterocycles. The molecule has 2 N–H and O–H groups in total. The number of rotatable bonds is 4. The van der Waals surface area contributed by atoms with Gasteiger partial charge in [0.15, 0.2) is 0 Å². The molecular formula is C17H22N2O4. The van der Waals surface area contributed by atoms with Crippen molar-refractivity contribution < 1.29 is 19.5 Å². The third-order valence-electron chi connectivity index (χ3n) is 4.30. The molecule has 1 aromatic carbocycles. The van der Waals surface area contributed by atoms with E-state index in [4.69, 9.17) is 0 Å². The normalized spacial score (nSPS) is 20.9. The van der Waals surface area contributed by atoms with Crippen molar-refractivity contribution in [2.45, 2.75) is 39.2 Å². The van der Waals surface area contributed by atoms with Gasteiger partial charge >= 0.3 is 5.97 Å². The summed E-state index contributed by atoms with van der Waals surface area (Å²) in [6.07, 6.45) is 1.44. The van der Waals surface area contributed by atoms with Gasteiger partial charge in [-0.25, -0.2) is 0 Å². The smallest absolute Gasteiger partial charge is 0.308 e. The lowest BCUT2D eigenvalue weighted by atomic mass is 9.90. The Balaban J connectivity index is 2.13. The van der Waals surface area contributed by atoms with Crippen LogP contribution in [-0.4, -0.2) is 40.4 Å². The van der Waals surface area contributed by atoms with Crippen molar-refractivity contribution in [3.05, 3.63) is 29.8 Å². The molecule has 0 unspecified atom stereocenters. The van der Waals surface area contributed by atoms with E-state index in [1.165, 1.54) is 6.92 Å². The molecule has 6 nitrogen and oxygen atoms in total. The number of hydrogen-bond acceptors (Lipinski definition) is 3. The summed E-state index contributed by atoms with van der Waals surface area (Å²) < 4.78 is 0. The van der Waals surface area contributed by atoms with Crippen LogP contribution in [0.25, 0.3) is 0 Å². The highest BCUT2D eigenvalue weighted by Crippen LogP contribution is 2.25. The van der Waals surface area contributed by atoms with Gasteiger partial charge in [-0.1, -0.05) is 18.2 Å². The summed E-state index contributed by atoms with van der Waals surface area (Å²) in [6, 6.07) is 6.84. The van der Waals surface area contributed by atoms with Gasteiger partial charge in [0.05, 0.1) is 12.3 Å². The van der Waals surface area contributed by atoms with Crippen LogP contribution in [0.5, 0.6) is 0 Å². The summed E-state index contributed by atoms with van der Waals surface area (Å²) in [7, 11) is 0. The van der Waals surface area contributed by atoms with Gasteiger partial charge in [-0.3, -0.25) is 14.4 Å². The number of anilines is 1. The molecule has 1 aliphatic rings. The number of likely N-dealkylation sites (tertiary alicyclic amines) is 1. The number of para-hydroxylation sites is 1. The summed E-state index contributed by atoms with van der Waals surface area (Å²) in [4.78, 5) is 36.8. The maximum atomic E-state index is 12.6. The Labute approximate surface area is 135 Å². The molecule has 1 aromatic rings. The van der Waals surface area contributed by atoms with Gasteiger partial charge in [-0.2, -0.15) is 0 Å². The lowest BCUT2D eigenvalue weighted by Gasteiger charge is -2.37. The van der Waals surface area contributed by atoms with Gasteiger partial charge in [0.2, 0.25) is 11.8 Å². The lowest BCUT2D eigenvalue weighted by Crippen LogP contribution is -2.49. The van der Waals surface area contributed by atoms with Crippen molar-refractivity contribution in [3.63, 3.8) is 0 Å². The summed E-state index contributed by atoms with van der Waals surface area (Å²) >= 11 is 0. The van der Waals surface area contributed by atoms with E-state index in [1.54, 1.807) is 30.0 Å². The maximum absolute atomic E-state index is 12.6. The molecule has 0 spiro atoms. The average molecular weight is 318 g/mol. The van der Waals surface area contributed by atoms with Crippen LogP contribution < -0.4 is 5.32 Å². The fraction of sp³-hybridized carbons (Fsp3) is 0.471. The number of carbonyl (C=O) groups excluding carboxylic acids is 2. The van der Waals surface area contributed by atoms with E-state index in [9.17, 15) is 19.5 Å². The van der Waals surface area contributed by atoms with Gasteiger partial charge in [-0.05, 0) is 31.4 Å². The minimum absolute atomic E-state index is 0.110. The quantitative estimate of drug-likeness (QED) is 0.887. The molecule has 2 amide bonds. The first-order valence-electron chi connectivity index (χ1n) is 7.78. The molecule has 0 bridgehead atoms. The Bertz CT molecular complexity index is 614. The van der Waals surface area contributed by atoms with E-state index in [1.807, 2.05) is 6.07 Å². The molecule has 0 radical (unpaired) electrons. The largest absolute Gasteiger partial charge is 0.481 e. The number of nitrogens with one attached hydrogen (secondary N) is 1. The fourth-order valence-electron chi connectivity index (χ4n) is 3.08. The Kier molecular flexibility index (Phi) is 5.36. The molecule has 23 heavy (non-hydrogen) atoms. The van der Waals surface area contributed by atoms with Crippen LogP contribution in [0.3, 0.4) is 0 Å². The fourth-order valence-corrected chi connectivity index (χ4v) is 3.08. The van der Waals surface area contributed by atoms with Crippen LogP contribution in [0.1, 0.15) is 32.3 Å². The molecule has 1 saturated heterocycles. The number of amides is 2. The zero-order valence-electron chi connectivity index (χ0n) is 13.4. The molecule has 124 valence electrons. The average Bonchev–Trinajstić information content (AvgIpc) is 2.48. The molecule has 2 atom stereocenters. The van der Waals surface area contributed by atoms with E-state index in [2.05, 4.69) is 5.32 Å². The van der Waals surface area contributed by atoms with Crippen molar-refractivity contribution >= 4 is 23.5 Å². The SMILES string of the molecule is CC(=O)Nc1ccccc1CC(=O)N1CCC[C@@H](C(=O)O)[C@H]1C. The summed E-state index contributed by atoms with van der Waals surface area (Å²) in [5.74, 6) is -1.67. The van der Waals surface area contributed by atoms with Crippen molar-refractivity contribution in [1.29, 1.82) is 0 Å². The predicted octanol–water partition coefficient (Wildman–Crippen LogP) is 1.90. The number of aliphatic carboxylic acids is 1. The monoisotopic (exact) mass is 318 g/mol. The first-order valence-corrected chi connectivity index (χ1v) is 7.78. The van der Waals surface area contributed by atoms with Gasteiger partial charge < -0.3 is 15.3 Å². The van der Waals surface area contributed by atoms with Gasteiger partial charge in [0.1, 0.15) is 0 Å². The highest BCUT2D eigenvalue weighted by atomic mass is 16.4. The minimum Gasteiger partial charge on any atom is -0.481 e. The molecule has 0 aliphatic carbocycles. The Morgan fingerprint density at radius 1 is 1.30 bits per heavy atom. The van der Waals surface area contributed by atoms with Crippen LogP contribution in [0.15, 0.2) is 24.3 Å². The molecule has 1 heterocycles. The molecule has 1 fully saturated rings. The van der Waals surface area contributed by atoms with Crippen LogP contribution in [0.2, 0.25) is 0 Å². The number of piperidine rings is 1. The van der Waals surface area contributed by atoms with Gasteiger partial charge in [0.25, 0.3) is 0 Å². The number of hydrogen-bond donors (Lipinski definition) is 2. The standard InChI is InChI=1S/C17H22N2O4/c1-11-14(17(22)23)7-5-9-19(11)16(21)10-13-6-3-4-8-15(13)18-12(2)20/h3-4,6,8,11,14H,5,7,9-10H2,1-2H3,(H,18,20)(H,22,23)/t11-,14-/m1/s1. The van der Waals surface area contributed by atoms with Gasteiger partial charge in [-0.15, -0.1) is 0 Å². The number of carboxylic acids is 1. The van der Waals surface area contributed by atoms with Crippen LogP contribution in [-0.2, 0) is 20.8 Å². The highest BCUT2D eigenvalue weighted by Gasteiger charge is 2.35. The number of carboxylic acid groups (broad SMARTS) is 1. The predicted molar refractivity (Wildman–Crippen MR) is 86.0 cm³/mol. The van der Waals surface area contributed by atoms with Crippen LogP contribution in [0, 0.1) is 5.92 Å². The van der Waals surface area contributed by atoms with E-state index >= 15 is 0 Å². The number of nitrogens with zero attached hydrogens (tertiary/aromatic N) is 1. The van der Waals surface area contributed by atoms with Crippen molar-refractivity contribution in [3.8, 4) is 0 Å². The van der Waals surface area contributed by atoms with E-state index < -0.39 is 11.9 Å². The van der Waals surface area contributed by atoms with E-state index in [0.29, 0.717) is 25.1 Å². The zero-order chi connectivity index (χ0) is 17.0. The van der Waals surface area contributed by atoms with Gasteiger partial charge in [0, 0.05) is 25.2 Å². The van der Waals surface area contributed by atoms with Crippen LogP contribution >= 0.6 is 0 Å². The molecule has 6 heteroatoms. The molecule has 0 saturated carbocycles. The molecule has 0 aromatic heterocycles. The van der Waals surface area contributed by atoms with Crippen LogP contribution in [0.4, 0.5) is 5.69 Å². The maximum Gasteiger partial charge on any atom is 0.308 e. The Morgan fingerprint density at radius 2 is 2.00 bits per heavy atom. The molecule has 2 rings (SSSR count). The molecular weight excluding hydrogens is 296 g/mol. The topological polar surface area (TPSA) is 86.7 Å². The summed E-state index contributed by atoms with van der Waals surface area (Å²) in [5, 5.41) is 12.0. The van der Waals surface area contributed by atoms with E-state index in [0.717, 1.165) is 5.56 Å². The minimum atomic E-state index is -0.853. The third kappa shape index (κ3) is 4.09. The summed E-state index contributed by atoms with van der Waals surface area (Å²) in [5.41, 5.74) is 1.35. The third-order valence-corrected chi connectivity index (χ3v) is 4.30. The second kappa shape index (κ2) is 7.26. The van der Waals surface area contributed by atoms with Crippen molar-refractivity contribution in [1.82, 2.24) is 4.90 Å². The first-order chi connectivity index (χ1) is 10.9. The van der Waals surface area contributed by atoms with E-state index in [-0.39, 0.29) is 24.3 Å². The Morgan fingerprint density at radius 3 is 2.65 bits per heavy atom. The first kappa shape index (κ1) is 17.0. The Hall–Kier alpha value is -2.37. The van der Waals surface area contributed by atoms with Crippen molar-refractivity contribution in [2.75, 3.05) is 11.9 Å². The zero-order valence-corrected chi connectivity index (χ0v) is 13.4. The second-order valence-electron chi connectivity index (χ2n) is 5.93. The summed E-state index contributed by atoms with van der Waals surface area (Å²) in [6.45, 7) is 3.78. The second-order valence-corrected chi connectivity index (χ2v) is 5.93. The number of benzene rings is 1.